The van der Waals surface area contributed by atoms with Gasteiger partial charge < -0.3 is 5.11 Å². The van der Waals surface area contributed by atoms with Crippen molar-refractivity contribution in [3.8, 4) is 0 Å². The first-order chi connectivity index (χ1) is 6.34. The van der Waals surface area contributed by atoms with Crippen molar-refractivity contribution in [3.63, 3.8) is 0 Å². The number of hydrogen-bond acceptors (Lipinski definition) is 1. The summed E-state index contributed by atoms with van der Waals surface area (Å²) in [5, 5.41) is 8.67. The highest BCUT2D eigenvalue weighted by Gasteiger charge is 2.00. The Bertz CT molecular complexity index is 234. The summed E-state index contributed by atoms with van der Waals surface area (Å²) in [5.74, 6) is 0. The van der Waals surface area contributed by atoms with E-state index in [1.807, 2.05) is 0 Å². The predicted octanol–water partition coefficient (Wildman–Crippen LogP) is 2.98. The Kier molecular flexibility index (Phi) is 4.55. The Balaban J connectivity index is 2.46. The molecule has 1 heteroatoms. The SMILES string of the molecule is CC1=C(CCCCO)CC=CC=C1. The molecule has 0 aromatic rings. The molecule has 0 aromatic heterocycles. The zero-order chi connectivity index (χ0) is 9.52. The third-order valence-electron chi connectivity index (χ3n) is 2.40. The highest BCUT2D eigenvalue weighted by atomic mass is 16.2. The largest absolute Gasteiger partial charge is 0.396 e. The lowest BCUT2D eigenvalue weighted by Crippen LogP contribution is -1.89. The molecule has 0 unspecified atom stereocenters. The van der Waals surface area contributed by atoms with Crippen LogP contribution in [0.25, 0.3) is 0 Å². The van der Waals surface area contributed by atoms with E-state index in [0.29, 0.717) is 6.61 Å². The first kappa shape index (κ1) is 10.3. The van der Waals surface area contributed by atoms with E-state index < -0.39 is 0 Å². The minimum Gasteiger partial charge on any atom is -0.396 e. The summed E-state index contributed by atoms with van der Waals surface area (Å²) in [7, 11) is 0. The van der Waals surface area contributed by atoms with E-state index in [-0.39, 0.29) is 0 Å². The van der Waals surface area contributed by atoms with E-state index in [1.165, 1.54) is 11.1 Å². The molecule has 0 spiro atoms. The molecule has 0 bridgehead atoms. The zero-order valence-electron chi connectivity index (χ0n) is 8.29. The molecular formula is C12H18O. The second-order valence-corrected chi connectivity index (χ2v) is 3.46. The number of aliphatic hydroxyl groups excluding tert-OH is 1. The number of allylic oxidation sites excluding steroid dienone is 6. The van der Waals surface area contributed by atoms with Crippen molar-refractivity contribution in [2.24, 2.45) is 0 Å². The molecule has 0 aromatic carbocycles. The van der Waals surface area contributed by atoms with Gasteiger partial charge in [-0.1, -0.05) is 35.5 Å². The van der Waals surface area contributed by atoms with E-state index >= 15 is 0 Å². The van der Waals surface area contributed by atoms with Crippen LogP contribution in [0.4, 0.5) is 0 Å². The average molecular weight is 178 g/mol. The highest BCUT2D eigenvalue weighted by Crippen LogP contribution is 2.19. The van der Waals surface area contributed by atoms with Gasteiger partial charge in [-0.05, 0) is 32.6 Å². The summed E-state index contributed by atoms with van der Waals surface area (Å²) in [5.41, 5.74) is 2.90. The van der Waals surface area contributed by atoms with Gasteiger partial charge in [-0.25, -0.2) is 0 Å². The maximum absolute atomic E-state index is 8.67. The van der Waals surface area contributed by atoms with E-state index in [1.54, 1.807) is 0 Å². The molecule has 0 saturated heterocycles. The molecule has 1 nitrogen and oxygen atoms in total. The van der Waals surface area contributed by atoms with Crippen LogP contribution in [0.5, 0.6) is 0 Å². The molecule has 72 valence electrons. The summed E-state index contributed by atoms with van der Waals surface area (Å²) >= 11 is 0. The van der Waals surface area contributed by atoms with E-state index in [4.69, 9.17) is 5.11 Å². The van der Waals surface area contributed by atoms with Crippen molar-refractivity contribution in [2.75, 3.05) is 6.61 Å². The van der Waals surface area contributed by atoms with Crippen LogP contribution in [0, 0.1) is 0 Å². The maximum atomic E-state index is 8.67. The Morgan fingerprint density at radius 1 is 1.31 bits per heavy atom. The van der Waals surface area contributed by atoms with Gasteiger partial charge in [-0.2, -0.15) is 0 Å². The van der Waals surface area contributed by atoms with Gasteiger partial charge >= 0.3 is 0 Å². The maximum Gasteiger partial charge on any atom is 0.0431 e. The fraction of sp³-hybridized carbons (Fsp3) is 0.500. The normalized spacial score (nSPS) is 16.5. The Morgan fingerprint density at radius 3 is 2.92 bits per heavy atom. The van der Waals surface area contributed by atoms with Gasteiger partial charge in [0.05, 0.1) is 0 Å². The first-order valence-electron chi connectivity index (χ1n) is 4.97. The molecule has 0 aliphatic heterocycles. The van der Waals surface area contributed by atoms with Crippen LogP contribution in [0.1, 0.15) is 32.6 Å². The number of unbranched alkanes of at least 4 members (excludes halogenated alkanes) is 1. The van der Waals surface area contributed by atoms with Gasteiger partial charge in [0.15, 0.2) is 0 Å². The Labute approximate surface area is 80.5 Å². The van der Waals surface area contributed by atoms with Gasteiger partial charge in [-0.3, -0.25) is 0 Å². The van der Waals surface area contributed by atoms with E-state index in [2.05, 4.69) is 31.2 Å². The standard InChI is InChI=1S/C12H18O/c1-11-7-3-2-4-8-12(11)9-5-6-10-13/h2-4,7,13H,5-6,8-10H2,1H3. The van der Waals surface area contributed by atoms with Crippen molar-refractivity contribution < 1.29 is 5.11 Å². The summed E-state index contributed by atoms with van der Waals surface area (Å²) in [6.45, 7) is 2.48. The molecule has 1 aliphatic carbocycles. The summed E-state index contributed by atoms with van der Waals surface area (Å²) in [6, 6.07) is 0. The molecule has 0 amide bonds. The van der Waals surface area contributed by atoms with Crippen LogP contribution in [0.3, 0.4) is 0 Å². The van der Waals surface area contributed by atoms with Gasteiger partial charge in [0.2, 0.25) is 0 Å². The quantitative estimate of drug-likeness (QED) is 0.656. The topological polar surface area (TPSA) is 20.2 Å². The molecule has 0 radical (unpaired) electrons. The van der Waals surface area contributed by atoms with Crippen LogP contribution < -0.4 is 0 Å². The molecule has 0 atom stereocenters. The van der Waals surface area contributed by atoms with Crippen LogP contribution in [-0.4, -0.2) is 11.7 Å². The van der Waals surface area contributed by atoms with Crippen LogP contribution in [0.2, 0.25) is 0 Å². The fourth-order valence-electron chi connectivity index (χ4n) is 1.52. The molecular weight excluding hydrogens is 160 g/mol. The molecule has 1 N–H and O–H groups in total. The third kappa shape index (κ3) is 3.60. The smallest absolute Gasteiger partial charge is 0.0431 e. The van der Waals surface area contributed by atoms with Crippen molar-refractivity contribution in [1.29, 1.82) is 0 Å². The second kappa shape index (κ2) is 5.76. The molecule has 1 rings (SSSR count). The van der Waals surface area contributed by atoms with Gasteiger partial charge in [0.1, 0.15) is 0 Å². The average Bonchev–Trinajstić information content (AvgIpc) is 2.32. The minimum absolute atomic E-state index is 0.317. The van der Waals surface area contributed by atoms with Crippen molar-refractivity contribution in [1.82, 2.24) is 0 Å². The first-order valence-corrected chi connectivity index (χ1v) is 4.97. The van der Waals surface area contributed by atoms with Crippen molar-refractivity contribution in [3.05, 3.63) is 35.5 Å². The molecule has 0 fully saturated rings. The summed E-state index contributed by atoms with van der Waals surface area (Å²) in [6.07, 6.45) is 12.8. The Morgan fingerprint density at radius 2 is 2.15 bits per heavy atom. The lowest BCUT2D eigenvalue weighted by atomic mass is 10.0. The highest BCUT2D eigenvalue weighted by molar-refractivity contribution is 5.30. The number of aliphatic hydroxyl groups is 1. The van der Waals surface area contributed by atoms with Crippen LogP contribution in [-0.2, 0) is 0 Å². The second-order valence-electron chi connectivity index (χ2n) is 3.46. The lowest BCUT2D eigenvalue weighted by Gasteiger charge is -2.06. The molecule has 0 heterocycles. The molecule has 13 heavy (non-hydrogen) atoms. The fourth-order valence-corrected chi connectivity index (χ4v) is 1.52. The summed E-state index contributed by atoms with van der Waals surface area (Å²) < 4.78 is 0. The van der Waals surface area contributed by atoms with Crippen LogP contribution in [0.15, 0.2) is 35.5 Å². The predicted molar refractivity (Wildman–Crippen MR) is 56.5 cm³/mol. The molecule has 0 saturated carbocycles. The molecule has 1 aliphatic rings. The Hall–Kier alpha value is -0.820. The number of hydrogen-bond donors (Lipinski definition) is 1. The zero-order valence-corrected chi connectivity index (χ0v) is 8.29. The van der Waals surface area contributed by atoms with E-state index in [0.717, 1.165) is 25.7 Å². The minimum atomic E-state index is 0.317. The summed E-state index contributed by atoms with van der Waals surface area (Å²) in [4.78, 5) is 0. The van der Waals surface area contributed by atoms with Gasteiger partial charge in [-0.15, -0.1) is 0 Å². The third-order valence-corrected chi connectivity index (χ3v) is 2.40. The van der Waals surface area contributed by atoms with Gasteiger partial charge in [0, 0.05) is 6.61 Å². The van der Waals surface area contributed by atoms with E-state index in [9.17, 15) is 0 Å². The lowest BCUT2D eigenvalue weighted by molar-refractivity contribution is 0.284. The van der Waals surface area contributed by atoms with Crippen LogP contribution >= 0.6 is 0 Å². The van der Waals surface area contributed by atoms with Gasteiger partial charge in [0.25, 0.3) is 0 Å². The number of rotatable bonds is 4. The van der Waals surface area contributed by atoms with Crippen molar-refractivity contribution >= 4 is 0 Å². The van der Waals surface area contributed by atoms with Crippen molar-refractivity contribution in [2.45, 2.75) is 32.6 Å². The monoisotopic (exact) mass is 178 g/mol.